The Bertz CT molecular complexity index is 3140. The summed E-state index contributed by atoms with van der Waals surface area (Å²) in [6, 6.07) is 67.3. The molecule has 0 N–H and O–H groups in total. The monoisotopic (exact) mass is 716 g/mol. The lowest BCUT2D eigenvalue weighted by Crippen LogP contribution is -2.00. The van der Waals surface area contributed by atoms with Crippen LogP contribution in [0.1, 0.15) is 0 Å². The number of para-hydroxylation sites is 2. The summed E-state index contributed by atoms with van der Waals surface area (Å²) in [5.74, 6) is 1.79. The minimum Gasteiger partial charge on any atom is -0.456 e. The molecule has 0 saturated heterocycles. The summed E-state index contributed by atoms with van der Waals surface area (Å²) in [4.78, 5) is 15.6. The third kappa shape index (κ3) is 5.37. The average molecular weight is 717 g/mol. The van der Waals surface area contributed by atoms with Crippen LogP contribution in [0.3, 0.4) is 0 Å². The van der Waals surface area contributed by atoms with E-state index in [0.29, 0.717) is 17.5 Å². The van der Waals surface area contributed by atoms with E-state index in [-0.39, 0.29) is 0 Å². The highest BCUT2D eigenvalue weighted by Crippen LogP contribution is 2.41. The van der Waals surface area contributed by atoms with E-state index in [4.69, 9.17) is 19.4 Å². The van der Waals surface area contributed by atoms with Crippen molar-refractivity contribution in [3.63, 3.8) is 0 Å². The summed E-state index contributed by atoms with van der Waals surface area (Å²) in [6.45, 7) is 0. The fourth-order valence-electron chi connectivity index (χ4n) is 8.02. The van der Waals surface area contributed by atoms with Gasteiger partial charge >= 0.3 is 0 Å². The van der Waals surface area contributed by atoms with E-state index in [1.807, 2.05) is 30.3 Å². The van der Waals surface area contributed by atoms with Gasteiger partial charge in [-0.2, -0.15) is 0 Å². The quantitative estimate of drug-likeness (QED) is 0.172. The van der Waals surface area contributed by atoms with Crippen molar-refractivity contribution in [1.82, 2.24) is 19.5 Å². The molecule has 0 aliphatic rings. The molecule has 3 aromatic heterocycles. The minimum absolute atomic E-state index is 0.584. The molecule has 0 aliphatic heterocycles. The second-order valence-electron chi connectivity index (χ2n) is 14.0. The van der Waals surface area contributed by atoms with Crippen LogP contribution in [0.25, 0.3) is 106 Å². The average Bonchev–Trinajstić information content (AvgIpc) is 3.81. The summed E-state index contributed by atoms with van der Waals surface area (Å²) < 4.78 is 9.00. The zero-order chi connectivity index (χ0) is 37.0. The first-order chi connectivity index (χ1) is 27.7. The fourth-order valence-corrected chi connectivity index (χ4v) is 8.02. The molecule has 3 heterocycles. The van der Waals surface area contributed by atoms with Crippen molar-refractivity contribution in [3.8, 4) is 62.1 Å². The maximum Gasteiger partial charge on any atom is 0.164 e. The second-order valence-corrected chi connectivity index (χ2v) is 14.0. The molecular weight excluding hydrogens is 685 g/mol. The molecule has 0 unspecified atom stereocenters. The molecule has 0 spiro atoms. The standard InChI is InChI=1S/C51H32N4O/c1-4-15-33(16-5-1)35-19-12-21-37(29-35)49-52-50(38-22-13-20-36(30-38)34-17-6-2-7-18-34)54-51(53-49)41-26-14-28-46-48(41)43-31-42-40-25-10-11-27-44(40)55(39-23-8-3-9-24-39)45(42)32-47(43)56-46/h1-32H. The van der Waals surface area contributed by atoms with Crippen LogP contribution in [0, 0.1) is 0 Å². The van der Waals surface area contributed by atoms with Gasteiger partial charge in [0.05, 0.1) is 11.0 Å². The maximum absolute atomic E-state index is 6.68. The molecule has 56 heavy (non-hydrogen) atoms. The van der Waals surface area contributed by atoms with E-state index in [0.717, 1.165) is 83.0 Å². The lowest BCUT2D eigenvalue weighted by atomic mass is 10.0. The van der Waals surface area contributed by atoms with Gasteiger partial charge in [-0.15, -0.1) is 0 Å². The van der Waals surface area contributed by atoms with E-state index >= 15 is 0 Å². The third-order valence-corrected chi connectivity index (χ3v) is 10.6. The number of rotatable bonds is 6. The number of benzene rings is 8. The van der Waals surface area contributed by atoms with E-state index in [9.17, 15) is 0 Å². The van der Waals surface area contributed by atoms with Crippen LogP contribution >= 0.6 is 0 Å². The lowest BCUT2D eigenvalue weighted by Gasteiger charge is -2.11. The predicted octanol–water partition coefficient (Wildman–Crippen LogP) is 13.2. The summed E-state index contributed by atoms with van der Waals surface area (Å²) >= 11 is 0. The van der Waals surface area contributed by atoms with Crippen LogP contribution in [0.2, 0.25) is 0 Å². The molecule has 0 amide bonds. The number of hydrogen-bond donors (Lipinski definition) is 0. The molecule has 11 rings (SSSR count). The van der Waals surface area contributed by atoms with Crippen LogP contribution in [0.15, 0.2) is 199 Å². The molecular formula is C51H32N4O. The molecule has 5 nitrogen and oxygen atoms in total. The zero-order valence-electron chi connectivity index (χ0n) is 30.2. The smallest absolute Gasteiger partial charge is 0.164 e. The predicted molar refractivity (Wildman–Crippen MR) is 229 cm³/mol. The molecule has 0 saturated carbocycles. The normalized spacial score (nSPS) is 11.6. The Balaban J connectivity index is 1.15. The molecule has 11 aromatic rings. The SMILES string of the molecule is c1ccc(-c2cccc(-c3nc(-c4cccc(-c5ccccc5)c4)nc(-c4cccc5oc6cc7c(cc6c45)c4ccccc4n7-c4ccccc4)n3)c2)cc1. The molecule has 0 atom stereocenters. The van der Waals surface area contributed by atoms with Gasteiger partial charge < -0.3 is 8.98 Å². The summed E-state index contributed by atoms with van der Waals surface area (Å²) in [5.41, 5.74) is 12.1. The number of furan rings is 1. The highest BCUT2D eigenvalue weighted by molar-refractivity contribution is 6.19. The van der Waals surface area contributed by atoms with Crippen molar-refractivity contribution in [2.75, 3.05) is 0 Å². The van der Waals surface area contributed by atoms with Crippen LogP contribution in [0.4, 0.5) is 0 Å². The number of nitrogens with zero attached hydrogens (tertiary/aromatic N) is 4. The Labute approximate surface area is 322 Å². The number of hydrogen-bond acceptors (Lipinski definition) is 4. The Morgan fingerprint density at radius 3 is 1.54 bits per heavy atom. The zero-order valence-corrected chi connectivity index (χ0v) is 30.2. The molecule has 0 bridgehead atoms. The fraction of sp³-hybridized carbons (Fsp3) is 0. The third-order valence-electron chi connectivity index (χ3n) is 10.6. The molecule has 262 valence electrons. The topological polar surface area (TPSA) is 56.7 Å². The number of fused-ring (bicyclic) bond motifs is 6. The van der Waals surface area contributed by atoms with Crippen molar-refractivity contribution in [1.29, 1.82) is 0 Å². The molecule has 0 fully saturated rings. The van der Waals surface area contributed by atoms with E-state index in [1.165, 1.54) is 5.39 Å². The molecule has 8 aromatic carbocycles. The van der Waals surface area contributed by atoms with E-state index in [1.54, 1.807) is 0 Å². The summed E-state index contributed by atoms with van der Waals surface area (Å²) in [7, 11) is 0. The Morgan fingerprint density at radius 1 is 0.339 bits per heavy atom. The summed E-state index contributed by atoms with van der Waals surface area (Å²) in [6.07, 6.45) is 0. The molecule has 0 radical (unpaired) electrons. The van der Waals surface area contributed by atoms with Crippen molar-refractivity contribution in [2.24, 2.45) is 0 Å². The Morgan fingerprint density at radius 2 is 0.875 bits per heavy atom. The first kappa shape index (κ1) is 31.9. The van der Waals surface area contributed by atoms with Crippen molar-refractivity contribution >= 4 is 43.7 Å². The van der Waals surface area contributed by atoms with Gasteiger partial charge in [0.15, 0.2) is 17.5 Å². The first-order valence-electron chi connectivity index (χ1n) is 18.8. The van der Waals surface area contributed by atoms with Crippen LogP contribution < -0.4 is 0 Å². The van der Waals surface area contributed by atoms with Crippen LogP contribution in [0.5, 0.6) is 0 Å². The van der Waals surface area contributed by atoms with Gasteiger partial charge in [-0.1, -0.05) is 146 Å². The number of aromatic nitrogens is 4. The second kappa shape index (κ2) is 13.0. The van der Waals surface area contributed by atoms with Gasteiger partial charge in [0.1, 0.15) is 11.2 Å². The minimum atomic E-state index is 0.584. The van der Waals surface area contributed by atoms with Crippen LogP contribution in [-0.4, -0.2) is 19.5 Å². The van der Waals surface area contributed by atoms with Crippen molar-refractivity contribution in [3.05, 3.63) is 194 Å². The Kier molecular flexibility index (Phi) is 7.42. The molecule has 0 aliphatic carbocycles. The van der Waals surface area contributed by atoms with E-state index in [2.05, 4.69) is 168 Å². The van der Waals surface area contributed by atoms with Gasteiger partial charge in [-0.25, -0.2) is 15.0 Å². The van der Waals surface area contributed by atoms with E-state index < -0.39 is 0 Å². The molecule has 5 heteroatoms. The Hall–Kier alpha value is -7.63. The van der Waals surface area contributed by atoms with Gasteiger partial charge in [0.2, 0.25) is 0 Å². The highest BCUT2D eigenvalue weighted by atomic mass is 16.3. The van der Waals surface area contributed by atoms with Gasteiger partial charge in [-0.05, 0) is 64.7 Å². The van der Waals surface area contributed by atoms with Gasteiger partial charge in [-0.3, -0.25) is 0 Å². The van der Waals surface area contributed by atoms with Gasteiger partial charge in [0.25, 0.3) is 0 Å². The van der Waals surface area contributed by atoms with Crippen molar-refractivity contribution < 1.29 is 4.42 Å². The van der Waals surface area contributed by atoms with Crippen molar-refractivity contribution in [2.45, 2.75) is 0 Å². The lowest BCUT2D eigenvalue weighted by molar-refractivity contribution is 0.669. The maximum atomic E-state index is 6.68. The first-order valence-corrected chi connectivity index (χ1v) is 18.8. The van der Waals surface area contributed by atoms with Gasteiger partial charge in [0, 0.05) is 50.0 Å². The highest BCUT2D eigenvalue weighted by Gasteiger charge is 2.21. The van der Waals surface area contributed by atoms with Crippen LogP contribution in [-0.2, 0) is 0 Å². The largest absolute Gasteiger partial charge is 0.456 e. The summed E-state index contributed by atoms with van der Waals surface area (Å²) in [5, 5.41) is 4.32.